The van der Waals surface area contributed by atoms with Crippen LogP contribution in [-0.2, 0) is 0 Å². The maximum atomic E-state index is 5.47. The van der Waals surface area contributed by atoms with E-state index in [2.05, 4.69) is 132 Å². The molecule has 0 fully saturated rings. The minimum atomic E-state index is 0.702. The molecule has 11 aromatic rings. The topological polar surface area (TPSA) is 30.7 Å². The second-order valence-corrected chi connectivity index (χ2v) is 15.0. The molecule has 6 heteroatoms. The van der Waals surface area contributed by atoms with Crippen molar-refractivity contribution in [2.45, 2.75) is 0 Å². The molecule has 0 spiro atoms. The van der Waals surface area contributed by atoms with E-state index in [4.69, 9.17) is 9.97 Å². The van der Waals surface area contributed by atoms with Gasteiger partial charge in [-0.2, -0.15) is 0 Å². The predicted molar refractivity (Wildman–Crippen MR) is 200 cm³/mol. The fraction of sp³-hybridized carbons (Fsp3) is 0. The van der Waals surface area contributed by atoms with Gasteiger partial charge >= 0.3 is 0 Å². The molecule has 11 rings (SSSR count). The Balaban J connectivity index is 1.26. The number of fused-ring (bicyclic) bond motifs is 12. The van der Waals surface area contributed by atoms with Gasteiger partial charge in [0.2, 0.25) is 5.95 Å². The number of hydrogen-bond acceptors (Lipinski definition) is 5. The Morgan fingerprint density at radius 2 is 1.02 bits per heavy atom. The third kappa shape index (κ3) is 3.41. The summed E-state index contributed by atoms with van der Waals surface area (Å²) in [5.41, 5.74) is 5.34. The van der Waals surface area contributed by atoms with E-state index < -0.39 is 0 Å². The Morgan fingerprint density at radius 3 is 1.80 bits per heavy atom. The molecule has 0 amide bonds. The van der Waals surface area contributed by atoms with Gasteiger partial charge in [0.1, 0.15) is 0 Å². The molecular weight excluding hydrogens is 619 g/mol. The maximum absolute atomic E-state index is 5.47. The lowest BCUT2D eigenvalue weighted by Crippen LogP contribution is -2.02. The zero-order chi connectivity index (χ0) is 29.9. The fourth-order valence-electron chi connectivity index (χ4n) is 7.15. The minimum absolute atomic E-state index is 0.702. The number of hydrogen-bond donors (Lipinski definition) is 0. The highest BCUT2D eigenvalue weighted by Gasteiger charge is 2.21. The van der Waals surface area contributed by atoms with Crippen LogP contribution in [0.3, 0.4) is 0 Å². The van der Waals surface area contributed by atoms with Crippen molar-refractivity contribution in [3.63, 3.8) is 0 Å². The van der Waals surface area contributed by atoms with E-state index in [1.807, 2.05) is 22.7 Å². The molecule has 0 N–H and O–H groups in total. The lowest BCUT2D eigenvalue weighted by Gasteiger charge is -2.10. The van der Waals surface area contributed by atoms with Crippen molar-refractivity contribution >= 4 is 116 Å². The first-order chi connectivity index (χ1) is 22.8. The Bertz CT molecular complexity index is 3050. The molecule has 0 saturated carbocycles. The van der Waals surface area contributed by atoms with Crippen LogP contribution in [0.15, 0.2) is 127 Å². The molecule has 5 aromatic heterocycles. The first-order valence-corrected chi connectivity index (χ1v) is 17.7. The lowest BCUT2D eigenvalue weighted by atomic mass is 10.1. The van der Waals surface area contributed by atoms with Crippen LogP contribution in [0, 0.1) is 0 Å². The van der Waals surface area contributed by atoms with Crippen LogP contribution in [0.1, 0.15) is 0 Å². The smallest absolute Gasteiger partial charge is 0.235 e. The Labute approximate surface area is 274 Å². The molecule has 0 unspecified atom stereocenters. The highest BCUT2D eigenvalue weighted by molar-refractivity contribution is 7.26. The standard InChI is InChI=1S/C40H21N3S3/c1-5-13-30-23(9-1)27-20-29-25-11-3-7-15-33(25)45-36(29)21-31(27)43(30)40-41-37(39-38(42-40)26-12-4-8-16-34(26)46-39)22-17-18-35-28(19-22)24-10-2-6-14-32(24)44-35/h1-21H. The first kappa shape index (κ1) is 25.1. The van der Waals surface area contributed by atoms with Crippen molar-refractivity contribution in [2.24, 2.45) is 0 Å². The summed E-state index contributed by atoms with van der Waals surface area (Å²) in [5.74, 6) is 0.702. The summed E-state index contributed by atoms with van der Waals surface area (Å²) in [7, 11) is 0. The van der Waals surface area contributed by atoms with Crippen LogP contribution >= 0.6 is 34.0 Å². The molecule has 0 atom stereocenters. The van der Waals surface area contributed by atoms with Crippen LogP contribution in [0.5, 0.6) is 0 Å². The molecule has 6 aromatic carbocycles. The third-order valence-corrected chi connectivity index (χ3v) is 12.7. The second-order valence-electron chi connectivity index (χ2n) is 11.8. The van der Waals surface area contributed by atoms with E-state index in [-0.39, 0.29) is 0 Å². The fourth-order valence-corrected chi connectivity index (χ4v) is 10.5. The molecule has 0 aliphatic heterocycles. The van der Waals surface area contributed by atoms with Crippen LogP contribution in [0.25, 0.3) is 99.7 Å². The highest BCUT2D eigenvalue weighted by Crippen LogP contribution is 2.44. The quantitative estimate of drug-likeness (QED) is 0.188. The van der Waals surface area contributed by atoms with Gasteiger partial charge in [0.05, 0.1) is 26.9 Å². The zero-order valence-electron chi connectivity index (χ0n) is 24.2. The van der Waals surface area contributed by atoms with Gasteiger partial charge < -0.3 is 0 Å². The first-order valence-electron chi connectivity index (χ1n) is 15.2. The van der Waals surface area contributed by atoms with Crippen LogP contribution in [0.2, 0.25) is 0 Å². The second kappa shape index (κ2) is 9.21. The average molecular weight is 640 g/mol. The SMILES string of the molecule is c1ccc2c(c1)sc1ccc(-c3nc(-n4c5ccccc5c5cc6c(cc54)sc4ccccc46)nc4c3sc3ccccc34)cc12. The number of thiophene rings is 3. The normalized spacial score (nSPS) is 12.3. The van der Waals surface area contributed by atoms with E-state index >= 15 is 0 Å². The average Bonchev–Trinajstić information content (AvgIpc) is 3.85. The van der Waals surface area contributed by atoms with Crippen LogP contribution in [0.4, 0.5) is 0 Å². The summed E-state index contributed by atoms with van der Waals surface area (Å²) >= 11 is 5.48. The maximum Gasteiger partial charge on any atom is 0.235 e. The van der Waals surface area contributed by atoms with Gasteiger partial charge in [0.15, 0.2) is 0 Å². The molecule has 0 radical (unpaired) electrons. The van der Waals surface area contributed by atoms with Gasteiger partial charge in [-0.25, -0.2) is 9.97 Å². The largest absolute Gasteiger partial charge is 0.278 e. The van der Waals surface area contributed by atoms with Gasteiger partial charge in [-0.15, -0.1) is 34.0 Å². The Morgan fingerprint density at radius 1 is 0.413 bits per heavy atom. The van der Waals surface area contributed by atoms with Crippen LogP contribution in [-0.4, -0.2) is 14.5 Å². The summed E-state index contributed by atoms with van der Waals surface area (Å²) in [5, 5.41) is 8.77. The van der Waals surface area contributed by atoms with Gasteiger partial charge in [-0.05, 0) is 48.5 Å². The molecule has 0 aliphatic carbocycles. The van der Waals surface area contributed by atoms with Crippen molar-refractivity contribution < 1.29 is 0 Å². The number of para-hydroxylation sites is 1. The van der Waals surface area contributed by atoms with Gasteiger partial charge in [-0.1, -0.05) is 78.9 Å². The van der Waals surface area contributed by atoms with E-state index in [1.54, 1.807) is 11.3 Å². The highest BCUT2D eigenvalue weighted by atomic mass is 32.1. The number of nitrogens with zero attached hydrogens (tertiary/aromatic N) is 3. The van der Waals surface area contributed by atoms with Crippen LogP contribution < -0.4 is 0 Å². The summed E-state index contributed by atoms with van der Waals surface area (Å²) in [6, 6.07) is 46.2. The monoisotopic (exact) mass is 639 g/mol. The lowest BCUT2D eigenvalue weighted by molar-refractivity contribution is 1.02. The molecule has 46 heavy (non-hydrogen) atoms. The summed E-state index contributed by atoms with van der Waals surface area (Å²) in [6.45, 7) is 0. The molecule has 0 aliphatic rings. The molecule has 0 bridgehead atoms. The van der Waals surface area contributed by atoms with E-state index in [0.29, 0.717) is 5.95 Å². The number of benzene rings is 6. The van der Waals surface area contributed by atoms with Gasteiger partial charge in [0, 0.05) is 66.8 Å². The summed E-state index contributed by atoms with van der Waals surface area (Å²) < 4.78 is 9.81. The molecule has 3 nitrogen and oxygen atoms in total. The van der Waals surface area contributed by atoms with Crippen molar-refractivity contribution in [2.75, 3.05) is 0 Å². The van der Waals surface area contributed by atoms with Gasteiger partial charge in [-0.3, -0.25) is 4.57 Å². The van der Waals surface area contributed by atoms with Crippen molar-refractivity contribution in [3.05, 3.63) is 127 Å². The third-order valence-electron chi connectivity index (χ3n) is 9.23. The minimum Gasteiger partial charge on any atom is -0.278 e. The van der Waals surface area contributed by atoms with E-state index in [0.717, 1.165) is 32.5 Å². The Hall–Kier alpha value is -5.14. The van der Waals surface area contributed by atoms with Crippen molar-refractivity contribution in [1.29, 1.82) is 0 Å². The molecule has 214 valence electrons. The summed E-state index contributed by atoms with van der Waals surface area (Å²) in [4.78, 5) is 10.9. The summed E-state index contributed by atoms with van der Waals surface area (Å²) in [6.07, 6.45) is 0. The molecular formula is C40H21N3S3. The van der Waals surface area contributed by atoms with Gasteiger partial charge in [0.25, 0.3) is 0 Å². The van der Waals surface area contributed by atoms with Crippen molar-refractivity contribution in [3.8, 4) is 17.2 Å². The molecule has 5 heterocycles. The number of aromatic nitrogens is 3. The number of rotatable bonds is 2. The zero-order valence-corrected chi connectivity index (χ0v) is 26.6. The molecule has 0 saturated heterocycles. The Kier molecular flexibility index (Phi) is 5.02. The van der Waals surface area contributed by atoms with E-state index in [9.17, 15) is 0 Å². The predicted octanol–water partition coefficient (Wildman–Crippen LogP) is 12.3. The van der Waals surface area contributed by atoms with Crippen molar-refractivity contribution in [1.82, 2.24) is 14.5 Å². The van der Waals surface area contributed by atoms with E-state index in [1.165, 1.54) is 61.2 Å².